The maximum atomic E-state index is 11.9. The van der Waals surface area contributed by atoms with Gasteiger partial charge >= 0.3 is 11.9 Å². The molecule has 0 aliphatic carbocycles. The average Bonchev–Trinajstić information content (AvgIpc) is 2.99. The van der Waals surface area contributed by atoms with Gasteiger partial charge in [0.25, 0.3) is 11.8 Å². The first-order valence-electron chi connectivity index (χ1n) is 6.19. The summed E-state index contributed by atoms with van der Waals surface area (Å²) in [5, 5.41) is 22.2. The van der Waals surface area contributed by atoms with E-state index in [0.717, 1.165) is 11.3 Å². The summed E-state index contributed by atoms with van der Waals surface area (Å²) in [6.45, 7) is 0. The third kappa shape index (κ3) is 5.44. The van der Waals surface area contributed by atoms with Crippen molar-refractivity contribution in [3.63, 3.8) is 0 Å². The molecule has 0 aliphatic heterocycles. The predicted octanol–water partition coefficient (Wildman–Crippen LogP) is -0.0263. The lowest BCUT2D eigenvalue weighted by Gasteiger charge is -2.11. The van der Waals surface area contributed by atoms with Gasteiger partial charge in [0.05, 0.1) is 9.75 Å². The Morgan fingerprint density at radius 1 is 0.913 bits per heavy atom. The number of aliphatic carboxylic acids is 2. The molecule has 0 fully saturated rings. The summed E-state index contributed by atoms with van der Waals surface area (Å²) >= 11 is 8.47. The molecule has 1 rings (SSSR count). The molecule has 2 amide bonds. The second kappa shape index (κ2) is 8.79. The molecule has 0 spiro atoms. The van der Waals surface area contributed by atoms with Crippen LogP contribution in [0.5, 0.6) is 0 Å². The van der Waals surface area contributed by atoms with Gasteiger partial charge in [-0.15, -0.1) is 11.3 Å². The second-order valence-corrected chi connectivity index (χ2v) is 6.07. The number of thiol groups is 2. The van der Waals surface area contributed by atoms with Crippen molar-refractivity contribution in [2.45, 2.75) is 12.1 Å². The normalized spacial score (nSPS) is 13.0. The lowest BCUT2D eigenvalue weighted by molar-refractivity contribution is -0.139. The van der Waals surface area contributed by atoms with Crippen LogP contribution in [0.1, 0.15) is 19.3 Å². The maximum absolute atomic E-state index is 11.9. The van der Waals surface area contributed by atoms with Crippen LogP contribution in [0.4, 0.5) is 0 Å². The molecule has 0 aromatic carbocycles. The Kier molecular flexibility index (Phi) is 7.39. The first kappa shape index (κ1) is 19.3. The zero-order valence-corrected chi connectivity index (χ0v) is 14.2. The highest BCUT2D eigenvalue weighted by Gasteiger charge is 2.23. The first-order chi connectivity index (χ1) is 10.8. The van der Waals surface area contributed by atoms with Crippen LogP contribution in [0, 0.1) is 0 Å². The van der Waals surface area contributed by atoms with Crippen LogP contribution in [-0.4, -0.2) is 57.6 Å². The van der Waals surface area contributed by atoms with Crippen molar-refractivity contribution in [2.75, 3.05) is 11.5 Å². The average molecular weight is 378 g/mol. The lowest BCUT2D eigenvalue weighted by Crippen LogP contribution is -2.42. The quantitative estimate of drug-likeness (QED) is 0.352. The van der Waals surface area contributed by atoms with Gasteiger partial charge in [0.2, 0.25) is 0 Å². The molecule has 126 valence electrons. The summed E-state index contributed by atoms with van der Waals surface area (Å²) in [6, 6.07) is 0.405. The fourth-order valence-electron chi connectivity index (χ4n) is 1.41. The summed E-state index contributed by atoms with van der Waals surface area (Å²) in [7, 11) is 0. The van der Waals surface area contributed by atoms with Gasteiger partial charge in [-0.25, -0.2) is 9.59 Å². The summed E-state index contributed by atoms with van der Waals surface area (Å²) in [5.41, 5.74) is 0. The molecule has 0 unspecified atom stereocenters. The molecule has 0 radical (unpaired) electrons. The van der Waals surface area contributed by atoms with Gasteiger partial charge in [-0.2, -0.15) is 25.3 Å². The minimum Gasteiger partial charge on any atom is -0.480 e. The van der Waals surface area contributed by atoms with Crippen LogP contribution >= 0.6 is 36.6 Å². The number of thiophene rings is 1. The zero-order valence-electron chi connectivity index (χ0n) is 11.6. The number of carboxylic acids is 2. The van der Waals surface area contributed by atoms with E-state index in [0.29, 0.717) is 0 Å². The van der Waals surface area contributed by atoms with Gasteiger partial charge in [0.1, 0.15) is 12.1 Å². The zero-order chi connectivity index (χ0) is 17.6. The van der Waals surface area contributed by atoms with Crippen LogP contribution in [0.3, 0.4) is 0 Å². The second-order valence-electron chi connectivity index (χ2n) is 4.26. The molecule has 0 saturated carbocycles. The van der Waals surface area contributed by atoms with Crippen LogP contribution in [0.25, 0.3) is 0 Å². The maximum Gasteiger partial charge on any atom is 0.327 e. The Morgan fingerprint density at radius 3 is 1.52 bits per heavy atom. The predicted molar refractivity (Wildman–Crippen MR) is 89.8 cm³/mol. The van der Waals surface area contributed by atoms with Crippen molar-refractivity contribution < 1.29 is 29.4 Å². The smallest absolute Gasteiger partial charge is 0.327 e. The Bertz CT molecular complexity index is 567. The van der Waals surface area contributed by atoms with E-state index in [1.54, 1.807) is 0 Å². The highest BCUT2D eigenvalue weighted by Crippen LogP contribution is 2.17. The van der Waals surface area contributed by atoms with Crippen molar-refractivity contribution in [1.82, 2.24) is 10.6 Å². The van der Waals surface area contributed by atoms with E-state index in [2.05, 4.69) is 35.9 Å². The number of nitrogens with one attached hydrogen (secondary N) is 2. The van der Waals surface area contributed by atoms with E-state index in [9.17, 15) is 19.2 Å². The summed E-state index contributed by atoms with van der Waals surface area (Å²) in [4.78, 5) is 45.7. The molecule has 1 aromatic rings. The van der Waals surface area contributed by atoms with E-state index in [-0.39, 0.29) is 21.3 Å². The molecular formula is C12H14N2O6S3. The van der Waals surface area contributed by atoms with Crippen molar-refractivity contribution in [3.05, 3.63) is 21.9 Å². The number of carbonyl (C=O) groups is 4. The van der Waals surface area contributed by atoms with Gasteiger partial charge in [-0.1, -0.05) is 0 Å². The molecule has 1 heterocycles. The minimum absolute atomic E-state index is 0.0813. The molecule has 0 aliphatic rings. The van der Waals surface area contributed by atoms with Crippen molar-refractivity contribution >= 4 is 60.3 Å². The number of carboxylic acid groups (broad SMARTS) is 2. The van der Waals surface area contributed by atoms with Crippen molar-refractivity contribution in [2.24, 2.45) is 0 Å². The standard InChI is InChI=1S/C12H14N2O6S3/c15-9(13-5(3-21)11(17)18)7-1-2-8(23-7)10(16)14-6(4-22)12(19)20/h1-2,5-6,21-22H,3-4H2,(H,13,15)(H,14,16)(H,17,18)(H,19,20)/t5-,6-/m0/s1. The molecule has 1 aromatic heterocycles. The summed E-state index contributed by atoms with van der Waals surface area (Å²) in [6.07, 6.45) is 0. The van der Waals surface area contributed by atoms with E-state index >= 15 is 0 Å². The van der Waals surface area contributed by atoms with Crippen LogP contribution < -0.4 is 10.6 Å². The van der Waals surface area contributed by atoms with Gasteiger partial charge in [-0.3, -0.25) is 9.59 Å². The molecule has 2 atom stereocenters. The topological polar surface area (TPSA) is 133 Å². The monoisotopic (exact) mass is 378 g/mol. The fraction of sp³-hybridized carbons (Fsp3) is 0.333. The van der Waals surface area contributed by atoms with E-state index in [1.807, 2.05) is 0 Å². The van der Waals surface area contributed by atoms with Gasteiger partial charge < -0.3 is 20.8 Å². The Labute approximate surface area is 146 Å². The third-order valence-electron chi connectivity index (χ3n) is 2.63. The van der Waals surface area contributed by atoms with Crippen LogP contribution in [0.15, 0.2) is 12.1 Å². The molecule has 23 heavy (non-hydrogen) atoms. The lowest BCUT2D eigenvalue weighted by atomic mass is 10.3. The van der Waals surface area contributed by atoms with E-state index < -0.39 is 35.8 Å². The Hall–Kier alpha value is -1.72. The number of carbonyl (C=O) groups excluding carboxylic acids is 2. The molecular weight excluding hydrogens is 364 g/mol. The highest BCUT2D eigenvalue weighted by atomic mass is 32.1. The van der Waals surface area contributed by atoms with Gasteiger partial charge in [-0.05, 0) is 12.1 Å². The molecule has 4 N–H and O–H groups in total. The highest BCUT2D eigenvalue weighted by molar-refractivity contribution is 7.80. The van der Waals surface area contributed by atoms with Gasteiger partial charge in [0, 0.05) is 11.5 Å². The molecule has 11 heteroatoms. The summed E-state index contributed by atoms with van der Waals surface area (Å²) in [5.74, 6) is -3.91. The van der Waals surface area contributed by atoms with Gasteiger partial charge in [0.15, 0.2) is 0 Å². The number of rotatable bonds is 8. The largest absolute Gasteiger partial charge is 0.480 e. The van der Waals surface area contributed by atoms with Crippen molar-refractivity contribution in [1.29, 1.82) is 0 Å². The fourth-order valence-corrected chi connectivity index (χ4v) is 2.72. The van der Waals surface area contributed by atoms with Crippen molar-refractivity contribution in [3.8, 4) is 0 Å². The molecule has 0 bridgehead atoms. The van der Waals surface area contributed by atoms with E-state index in [4.69, 9.17) is 10.2 Å². The van der Waals surface area contributed by atoms with Crippen LogP contribution in [0.2, 0.25) is 0 Å². The Morgan fingerprint density at radius 2 is 1.26 bits per heavy atom. The number of hydrogen-bond acceptors (Lipinski definition) is 7. The minimum atomic E-state index is -1.22. The number of amides is 2. The van der Waals surface area contributed by atoms with E-state index in [1.165, 1.54) is 12.1 Å². The third-order valence-corrected chi connectivity index (χ3v) is 4.44. The van der Waals surface area contributed by atoms with Crippen LogP contribution in [-0.2, 0) is 9.59 Å². The molecule has 8 nitrogen and oxygen atoms in total. The number of hydrogen-bond donors (Lipinski definition) is 6. The molecule has 0 saturated heterocycles. The summed E-state index contributed by atoms with van der Waals surface area (Å²) < 4.78 is 0. The SMILES string of the molecule is O=C(N[C@@H](CS)C(=O)O)c1ccc(C(=O)N[C@@H](CS)C(=O)O)s1. The Balaban J connectivity index is 2.77. The first-order valence-corrected chi connectivity index (χ1v) is 8.27.